The highest BCUT2D eigenvalue weighted by Crippen LogP contribution is 2.42. The predicted molar refractivity (Wildman–Crippen MR) is 193 cm³/mol. The van der Waals surface area contributed by atoms with Crippen LogP contribution < -0.4 is 14.8 Å². The first kappa shape index (κ1) is 36.8. The highest BCUT2D eigenvalue weighted by Gasteiger charge is 2.30. The van der Waals surface area contributed by atoms with Gasteiger partial charge in [-0.15, -0.1) is 0 Å². The number of nitrogens with zero attached hydrogens (tertiary/aromatic N) is 4. The Morgan fingerprint density at radius 1 is 1.00 bits per heavy atom. The molecule has 10 nitrogen and oxygen atoms in total. The number of nitrogens with one attached hydrogen (secondary N) is 1. The molecule has 3 heterocycles. The van der Waals surface area contributed by atoms with Crippen LogP contribution in [-0.4, -0.2) is 83.4 Å². The molecule has 0 aliphatic carbocycles. The number of likely N-dealkylation sites (tertiary alicyclic amines) is 1. The van der Waals surface area contributed by atoms with Crippen molar-refractivity contribution in [1.82, 2.24) is 25.1 Å². The minimum absolute atomic E-state index is 0.0102. The number of piperidine rings is 1. The molecule has 2 aromatic carbocycles. The topological polar surface area (TPSA) is 117 Å². The SMILES string of the molecule is COc1cc(-c2nccc(-c3cccc(-c4ccc(CN(C(=O)O)C5CCN(C(C)=O)CC5)c(OC)n4)c3Cl)c2Cl)ccc1CNCCCF. The number of carboxylic acid groups (broad SMARTS) is 1. The molecule has 0 bridgehead atoms. The summed E-state index contributed by atoms with van der Waals surface area (Å²) in [5.74, 6) is 0.937. The molecule has 0 radical (unpaired) electrons. The number of ether oxygens (including phenoxy) is 2. The van der Waals surface area contributed by atoms with E-state index in [1.807, 2.05) is 36.4 Å². The van der Waals surface area contributed by atoms with Crippen LogP contribution in [0.25, 0.3) is 33.6 Å². The van der Waals surface area contributed by atoms with Gasteiger partial charge >= 0.3 is 6.09 Å². The van der Waals surface area contributed by atoms with Crippen molar-refractivity contribution in [2.75, 3.05) is 40.5 Å². The fourth-order valence-electron chi connectivity index (χ4n) is 6.19. The van der Waals surface area contributed by atoms with Crippen LogP contribution >= 0.6 is 23.2 Å². The Hall–Kier alpha value is -4.45. The van der Waals surface area contributed by atoms with E-state index in [9.17, 15) is 19.1 Å². The molecule has 0 atom stereocenters. The Morgan fingerprint density at radius 2 is 1.72 bits per heavy atom. The maximum absolute atomic E-state index is 12.5. The standard InChI is InChI=1S/C37H40Cl2FN5O5/c1-23(46)44-18-13-27(14-19-44)45(37(47)48)22-26-10-11-31(43-36(26)50-3)30-7-4-6-28(33(30)38)29-12-17-42-35(34(29)39)24-8-9-25(32(20-24)49-2)21-41-16-5-15-40/h4,6-12,17,20,27,41H,5,13-16,18-19,21-22H2,1-3H3,(H,47,48). The van der Waals surface area contributed by atoms with E-state index in [-0.39, 0.29) is 31.0 Å². The summed E-state index contributed by atoms with van der Waals surface area (Å²) in [5.41, 5.74) is 5.39. The highest BCUT2D eigenvalue weighted by molar-refractivity contribution is 6.39. The molecule has 0 unspecified atom stereocenters. The molecule has 5 rings (SSSR count). The lowest BCUT2D eigenvalue weighted by atomic mass is 9.99. The van der Waals surface area contributed by atoms with Crippen LogP contribution in [0.4, 0.5) is 9.18 Å². The summed E-state index contributed by atoms with van der Waals surface area (Å²) in [6.07, 6.45) is 2.19. The van der Waals surface area contributed by atoms with Crippen LogP contribution in [0.1, 0.15) is 37.3 Å². The largest absolute Gasteiger partial charge is 0.496 e. The van der Waals surface area contributed by atoms with Crippen LogP contribution in [0.3, 0.4) is 0 Å². The summed E-state index contributed by atoms with van der Waals surface area (Å²) in [4.78, 5) is 36.5. The lowest BCUT2D eigenvalue weighted by Crippen LogP contribution is -2.47. The van der Waals surface area contributed by atoms with Gasteiger partial charge in [0.25, 0.3) is 0 Å². The van der Waals surface area contributed by atoms with E-state index < -0.39 is 6.09 Å². The molecule has 13 heteroatoms. The number of methoxy groups -OCH3 is 2. The van der Waals surface area contributed by atoms with E-state index in [1.165, 1.54) is 18.9 Å². The molecule has 1 aliphatic rings. The second-order valence-electron chi connectivity index (χ2n) is 11.9. The van der Waals surface area contributed by atoms with Gasteiger partial charge in [-0.05, 0) is 50.1 Å². The number of benzene rings is 2. The first-order chi connectivity index (χ1) is 24.2. The fraction of sp³-hybridized carbons (Fsp3) is 0.351. The van der Waals surface area contributed by atoms with Crippen LogP contribution in [0.2, 0.25) is 10.0 Å². The van der Waals surface area contributed by atoms with E-state index in [0.29, 0.717) is 94.9 Å². The van der Waals surface area contributed by atoms with E-state index >= 15 is 0 Å². The Kier molecular flexibility index (Phi) is 12.5. The van der Waals surface area contributed by atoms with Crippen LogP contribution in [-0.2, 0) is 17.9 Å². The van der Waals surface area contributed by atoms with Crippen molar-refractivity contribution in [3.8, 4) is 45.3 Å². The lowest BCUT2D eigenvalue weighted by Gasteiger charge is -2.37. The maximum Gasteiger partial charge on any atom is 0.407 e. The van der Waals surface area contributed by atoms with Gasteiger partial charge in [-0.1, -0.05) is 53.5 Å². The van der Waals surface area contributed by atoms with Gasteiger partial charge in [-0.2, -0.15) is 0 Å². The van der Waals surface area contributed by atoms with E-state index in [1.54, 1.807) is 36.4 Å². The number of rotatable bonds is 13. The number of halogens is 3. The zero-order valence-corrected chi connectivity index (χ0v) is 29.7. The molecular weight excluding hydrogens is 684 g/mol. The van der Waals surface area contributed by atoms with Gasteiger partial charge in [0, 0.05) is 72.2 Å². The zero-order valence-electron chi connectivity index (χ0n) is 28.2. The van der Waals surface area contributed by atoms with Gasteiger partial charge < -0.3 is 29.7 Å². The van der Waals surface area contributed by atoms with Crippen molar-refractivity contribution in [2.24, 2.45) is 0 Å². The second-order valence-corrected chi connectivity index (χ2v) is 12.7. The molecule has 1 aliphatic heterocycles. The highest BCUT2D eigenvalue weighted by atomic mass is 35.5. The van der Waals surface area contributed by atoms with Crippen molar-refractivity contribution < 1.29 is 28.6 Å². The zero-order chi connectivity index (χ0) is 35.8. The normalized spacial score (nSPS) is 13.3. The molecule has 2 N–H and O–H groups in total. The average molecular weight is 725 g/mol. The Morgan fingerprint density at radius 3 is 2.40 bits per heavy atom. The van der Waals surface area contributed by atoms with Crippen molar-refractivity contribution in [1.29, 1.82) is 0 Å². The number of alkyl halides is 1. The van der Waals surface area contributed by atoms with Gasteiger partial charge in [-0.3, -0.25) is 14.2 Å². The number of carbonyl (C=O) groups is 2. The van der Waals surface area contributed by atoms with Gasteiger partial charge in [0.2, 0.25) is 11.8 Å². The summed E-state index contributed by atoms with van der Waals surface area (Å²) in [5, 5.41) is 14.1. The third-order valence-corrected chi connectivity index (χ3v) is 9.68. The average Bonchev–Trinajstić information content (AvgIpc) is 3.12. The number of hydrogen-bond donors (Lipinski definition) is 2. The third kappa shape index (κ3) is 8.29. The van der Waals surface area contributed by atoms with Crippen molar-refractivity contribution in [2.45, 2.75) is 45.3 Å². The molecule has 2 aromatic heterocycles. The predicted octanol–water partition coefficient (Wildman–Crippen LogP) is 7.74. The molecule has 264 valence electrons. The molecule has 0 saturated carbocycles. The lowest BCUT2D eigenvalue weighted by molar-refractivity contribution is -0.130. The summed E-state index contributed by atoms with van der Waals surface area (Å²) >= 11 is 14.1. The maximum atomic E-state index is 12.5. The van der Waals surface area contributed by atoms with Crippen LogP contribution in [0.15, 0.2) is 60.8 Å². The molecule has 50 heavy (non-hydrogen) atoms. The minimum atomic E-state index is -1.04. The summed E-state index contributed by atoms with van der Waals surface area (Å²) in [7, 11) is 3.09. The molecule has 1 fully saturated rings. The third-order valence-electron chi connectivity index (χ3n) is 8.89. The molecule has 4 aromatic rings. The van der Waals surface area contributed by atoms with Crippen molar-refractivity contribution in [3.05, 3.63) is 82.0 Å². The molecule has 0 spiro atoms. The van der Waals surface area contributed by atoms with Gasteiger partial charge in [0.1, 0.15) is 5.75 Å². The minimum Gasteiger partial charge on any atom is -0.496 e. The van der Waals surface area contributed by atoms with Crippen molar-refractivity contribution >= 4 is 35.2 Å². The smallest absolute Gasteiger partial charge is 0.407 e. The quantitative estimate of drug-likeness (QED) is 0.135. The molecular formula is C37H40Cl2FN5O5. The molecule has 2 amide bonds. The van der Waals surface area contributed by atoms with Crippen LogP contribution in [0, 0.1) is 0 Å². The Bertz CT molecular complexity index is 1840. The number of hydrogen-bond acceptors (Lipinski definition) is 7. The number of carbonyl (C=O) groups excluding carboxylic acids is 1. The van der Waals surface area contributed by atoms with Gasteiger partial charge in [0.05, 0.1) is 48.9 Å². The van der Waals surface area contributed by atoms with Crippen molar-refractivity contribution in [3.63, 3.8) is 0 Å². The summed E-state index contributed by atoms with van der Waals surface area (Å²) in [6, 6.07) is 16.5. The number of pyridine rings is 2. The van der Waals surface area contributed by atoms with Gasteiger partial charge in [0.15, 0.2) is 0 Å². The second kappa shape index (κ2) is 17.0. The number of amides is 2. The first-order valence-electron chi connectivity index (χ1n) is 16.3. The Balaban J connectivity index is 1.41. The van der Waals surface area contributed by atoms with Crippen LogP contribution in [0.5, 0.6) is 11.6 Å². The fourth-order valence-corrected chi connectivity index (χ4v) is 6.84. The van der Waals surface area contributed by atoms with E-state index in [4.69, 9.17) is 37.7 Å². The monoisotopic (exact) mass is 723 g/mol. The Labute approximate surface area is 301 Å². The molecule has 1 saturated heterocycles. The summed E-state index contributed by atoms with van der Waals surface area (Å²) < 4.78 is 23.8. The van der Waals surface area contributed by atoms with E-state index in [2.05, 4.69) is 10.3 Å². The van der Waals surface area contributed by atoms with E-state index in [0.717, 1.165) is 11.1 Å². The first-order valence-corrected chi connectivity index (χ1v) is 17.1. The van der Waals surface area contributed by atoms with Gasteiger partial charge in [-0.25, -0.2) is 9.78 Å². The number of aromatic nitrogens is 2. The summed E-state index contributed by atoms with van der Waals surface area (Å²) in [6.45, 7) is 3.36.